The van der Waals surface area contributed by atoms with E-state index in [9.17, 15) is 0 Å². The van der Waals surface area contributed by atoms with Crippen molar-refractivity contribution in [3.8, 4) is 34.3 Å². The minimum Gasteiger partial charge on any atom is -0.493 e. The number of pyridine rings is 1. The molecule has 3 rings (SSSR count). The summed E-state index contributed by atoms with van der Waals surface area (Å²) in [4.78, 5) is 8.85. The van der Waals surface area contributed by atoms with Crippen LogP contribution in [0.4, 0.5) is 5.82 Å². The second kappa shape index (κ2) is 7.86. The summed E-state index contributed by atoms with van der Waals surface area (Å²) in [5.74, 6) is 3.36. The fourth-order valence-electron chi connectivity index (χ4n) is 2.45. The van der Waals surface area contributed by atoms with Crippen molar-refractivity contribution in [3.63, 3.8) is 0 Å². The van der Waals surface area contributed by atoms with Gasteiger partial charge in [-0.15, -0.1) is 0 Å². The Morgan fingerprint density at radius 2 is 1.96 bits per heavy atom. The third-order valence-electron chi connectivity index (χ3n) is 3.77. The topological polar surface area (TPSA) is 82.3 Å². The van der Waals surface area contributed by atoms with Crippen LogP contribution in [-0.4, -0.2) is 35.9 Å². The molecule has 0 aliphatic rings. The van der Waals surface area contributed by atoms with Crippen LogP contribution in [0.25, 0.3) is 22.8 Å². The van der Waals surface area contributed by atoms with E-state index in [-0.39, 0.29) is 0 Å². The number of para-hydroxylation sites is 1. The Hall–Kier alpha value is -3.09. The van der Waals surface area contributed by atoms with Crippen LogP contribution in [0.1, 0.15) is 13.8 Å². The summed E-state index contributed by atoms with van der Waals surface area (Å²) < 4.78 is 16.1. The van der Waals surface area contributed by atoms with Gasteiger partial charge in [0.1, 0.15) is 5.82 Å². The van der Waals surface area contributed by atoms with Gasteiger partial charge in [-0.1, -0.05) is 25.1 Å². The molecule has 0 radical (unpaired) electrons. The predicted octanol–water partition coefficient (Wildman–Crippen LogP) is 3.88. The molecule has 3 aromatic rings. The van der Waals surface area contributed by atoms with Gasteiger partial charge < -0.3 is 19.3 Å². The molecule has 7 heteroatoms. The average Bonchev–Trinajstić information content (AvgIpc) is 3.16. The van der Waals surface area contributed by atoms with Crippen LogP contribution in [0.3, 0.4) is 0 Å². The Morgan fingerprint density at radius 1 is 1.12 bits per heavy atom. The lowest BCUT2D eigenvalue weighted by Gasteiger charge is -2.09. The van der Waals surface area contributed by atoms with E-state index in [1.54, 1.807) is 20.4 Å². The minimum atomic E-state index is 0.396. The van der Waals surface area contributed by atoms with E-state index in [1.165, 1.54) is 0 Å². The molecular weight excluding hydrogens is 332 g/mol. The first-order valence-corrected chi connectivity index (χ1v) is 8.37. The quantitative estimate of drug-likeness (QED) is 0.689. The van der Waals surface area contributed by atoms with Crippen LogP contribution in [0.2, 0.25) is 0 Å². The predicted molar refractivity (Wildman–Crippen MR) is 99.4 cm³/mol. The van der Waals surface area contributed by atoms with Gasteiger partial charge in [0.25, 0.3) is 5.89 Å². The van der Waals surface area contributed by atoms with Crippen molar-refractivity contribution < 1.29 is 14.0 Å². The number of rotatable bonds is 7. The van der Waals surface area contributed by atoms with Crippen molar-refractivity contribution in [2.24, 2.45) is 5.92 Å². The molecule has 1 N–H and O–H groups in total. The molecule has 0 bridgehead atoms. The van der Waals surface area contributed by atoms with Crippen LogP contribution in [0.15, 0.2) is 41.1 Å². The second-order valence-electron chi connectivity index (χ2n) is 6.17. The molecule has 2 heterocycles. The first-order chi connectivity index (χ1) is 12.6. The lowest BCUT2D eigenvalue weighted by molar-refractivity contribution is 0.355. The number of hydrogen-bond donors (Lipinski definition) is 1. The van der Waals surface area contributed by atoms with Crippen LogP contribution in [0, 0.1) is 5.92 Å². The monoisotopic (exact) mass is 354 g/mol. The largest absolute Gasteiger partial charge is 0.493 e. The maximum absolute atomic E-state index is 5.43. The lowest BCUT2D eigenvalue weighted by atomic mass is 10.1. The molecule has 0 unspecified atom stereocenters. The van der Waals surface area contributed by atoms with Gasteiger partial charge in [0, 0.05) is 12.7 Å². The third kappa shape index (κ3) is 3.77. The fraction of sp³-hybridized carbons (Fsp3) is 0.316. The molecule has 0 fully saturated rings. The molecule has 0 spiro atoms. The summed E-state index contributed by atoms with van der Waals surface area (Å²) in [7, 11) is 3.17. The Kier molecular flexibility index (Phi) is 5.36. The van der Waals surface area contributed by atoms with Crippen molar-refractivity contribution in [3.05, 3.63) is 36.5 Å². The Labute approximate surface area is 152 Å². The van der Waals surface area contributed by atoms with E-state index in [0.717, 1.165) is 17.9 Å². The van der Waals surface area contributed by atoms with Crippen LogP contribution >= 0.6 is 0 Å². The summed E-state index contributed by atoms with van der Waals surface area (Å²) in [6.07, 6.45) is 1.71. The highest BCUT2D eigenvalue weighted by atomic mass is 16.5. The zero-order valence-electron chi connectivity index (χ0n) is 15.3. The summed E-state index contributed by atoms with van der Waals surface area (Å²) in [6, 6.07) is 9.32. The summed E-state index contributed by atoms with van der Waals surface area (Å²) in [6.45, 7) is 5.16. The number of hydrogen-bond acceptors (Lipinski definition) is 7. The first-order valence-electron chi connectivity index (χ1n) is 8.37. The highest BCUT2D eigenvalue weighted by molar-refractivity contribution is 5.69. The smallest absolute Gasteiger partial charge is 0.259 e. The highest BCUT2D eigenvalue weighted by Crippen LogP contribution is 2.37. The van der Waals surface area contributed by atoms with Crippen molar-refractivity contribution >= 4 is 5.82 Å². The molecule has 0 saturated carbocycles. The lowest BCUT2D eigenvalue weighted by Crippen LogP contribution is -2.08. The zero-order chi connectivity index (χ0) is 18.5. The molecule has 2 aromatic heterocycles. The normalized spacial score (nSPS) is 10.8. The van der Waals surface area contributed by atoms with Gasteiger partial charge in [-0.2, -0.15) is 4.98 Å². The van der Waals surface area contributed by atoms with E-state index >= 15 is 0 Å². The standard InChI is InChI=1S/C19H22N4O3/c1-12(2)10-20-16-9-8-13(11-21-16)19-22-18(23-26-19)14-6-5-7-15(24-3)17(14)25-4/h5-9,11-12H,10H2,1-4H3,(H,20,21). The van der Waals surface area contributed by atoms with Crippen LogP contribution in [-0.2, 0) is 0 Å². The maximum atomic E-state index is 5.43. The van der Waals surface area contributed by atoms with Crippen molar-refractivity contribution in [1.29, 1.82) is 0 Å². The van der Waals surface area contributed by atoms with E-state index in [1.807, 2.05) is 30.3 Å². The first kappa shape index (κ1) is 17.7. The Bertz CT molecular complexity index is 859. The van der Waals surface area contributed by atoms with Gasteiger partial charge in [-0.25, -0.2) is 4.98 Å². The number of methoxy groups -OCH3 is 2. The van der Waals surface area contributed by atoms with E-state index in [0.29, 0.717) is 34.7 Å². The number of ether oxygens (including phenoxy) is 2. The molecule has 0 atom stereocenters. The second-order valence-corrected chi connectivity index (χ2v) is 6.17. The van der Waals surface area contributed by atoms with Crippen LogP contribution < -0.4 is 14.8 Å². The maximum Gasteiger partial charge on any atom is 0.259 e. The van der Waals surface area contributed by atoms with Gasteiger partial charge in [-0.3, -0.25) is 0 Å². The van der Waals surface area contributed by atoms with Crippen molar-refractivity contribution in [2.75, 3.05) is 26.1 Å². The number of anilines is 1. The summed E-state index contributed by atoms with van der Waals surface area (Å²) in [5, 5.41) is 7.34. The van der Waals surface area contributed by atoms with Crippen LogP contribution in [0.5, 0.6) is 11.5 Å². The average molecular weight is 354 g/mol. The van der Waals surface area contributed by atoms with Gasteiger partial charge in [0.15, 0.2) is 11.5 Å². The molecular formula is C19H22N4O3. The number of benzene rings is 1. The van der Waals surface area contributed by atoms with Gasteiger partial charge in [0.2, 0.25) is 5.82 Å². The van der Waals surface area contributed by atoms with Gasteiger partial charge >= 0.3 is 0 Å². The summed E-state index contributed by atoms with van der Waals surface area (Å²) in [5.41, 5.74) is 1.45. The van der Waals surface area contributed by atoms with E-state index in [4.69, 9.17) is 14.0 Å². The molecule has 7 nitrogen and oxygen atoms in total. The minimum absolute atomic E-state index is 0.396. The van der Waals surface area contributed by atoms with E-state index < -0.39 is 0 Å². The molecule has 136 valence electrons. The van der Waals surface area contributed by atoms with Gasteiger partial charge in [-0.05, 0) is 30.2 Å². The van der Waals surface area contributed by atoms with Crippen molar-refractivity contribution in [2.45, 2.75) is 13.8 Å². The highest BCUT2D eigenvalue weighted by Gasteiger charge is 2.17. The number of nitrogens with zero attached hydrogens (tertiary/aromatic N) is 3. The van der Waals surface area contributed by atoms with Gasteiger partial charge in [0.05, 0.1) is 25.3 Å². The molecule has 0 saturated heterocycles. The molecule has 0 aliphatic heterocycles. The summed E-state index contributed by atoms with van der Waals surface area (Å²) >= 11 is 0. The number of nitrogens with one attached hydrogen (secondary N) is 1. The third-order valence-corrected chi connectivity index (χ3v) is 3.77. The Morgan fingerprint density at radius 3 is 2.62 bits per heavy atom. The molecule has 0 aliphatic carbocycles. The number of aromatic nitrogens is 3. The van der Waals surface area contributed by atoms with E-state index in [2.05, 4.69) is 34.3 Å². The SMILES string of the molecule is COc1cccc(-c2noc(-c3ccc(NCC(C)C)nc3)n2)c1OC. The molecule has 26 heavy (non-hydrogen) atoms. The molecule has 0 amide bonds. The molecule has 1 aromatic carbocycles. The fourth-order valence-corrected chi connectivity index (χ4v) is 2.45. The Balaban J connectivity index is 1.84. The zero-order valence-corrected chi connectivity index (χ0v) is 15.3. The van der Waals surface area contributed by atoms with Crippen molar-refractivity contribution in [1.82, 2.24) is 15.1 Å².